The molecule has 0 saturated carbocycles. The molecule has 0 atom stereocenters. The van der Waals surface area contributed by atoms with Crippen LogP contribution in [0.2, 0.25) is 0 Å². The van der Waals surface area contributed by atoms with Crippen LogP contribution in [0.5, 0.6) is 17.4 Å². The first-order chi connectivity index (χ1) is 13.1. The quantitative estimate of drug-likeness (QED) is 0.639. The Kier molecular flexibility index (Phi) is 5.36. The van der Waals surface area contributed by atoms with E-state index in [1.54, 1.807) is 31.4 Å². The highest BCUT2D eigenvalue weighted by atomic mass is 16.5. The summed E-state index contributed by atoms with van der Waals surface area (Å²) in [7, 11) is 2.92. The molecule has 8 nitrogen and oxygen atoms in total. The maximum Gasteiger partial charge on any atom is 0.337 e. The third kappa shape index (κ3) is 4.24. The molecule has 0 aliphatic carbocycles. The van der Waals surface area contributed by atoms with E-state index in [0.29, 0.717) is 22.9 Å². The largest absolute Gasteiger partial charge is 0.497 e. The van der Waals surface area contributed by atoms with Crippen LogP contribution in [0.3, 0.4) is 0 Å². The minimum absolute atomic E-state index is 0.196. The second-order valence-electron chi connectivity index (χ2n) is 5.42. The van der Waals surface area contributed by atoms with Gasteiger partial charge in [0, 0.05) is 11.8 Å². The van der Waals surface area contributed by atoms with Gasteiger partial charge in [0.25, 0.3) is 0 Å². The molecule has 3 aromatic rings. The third-order valence-electron chi connectivity index (χ3n) is 3.67. The van der Waals surface area contributed by atoms with Crippen LogP contribution in [0.25, 0.3) is 0 Å². The predicted octanol–water partition coefficient (Wildman–Crippen LogP) is 3.39. The Morgan fingerprint density at radius 3 is 2.52 bits per heavy atom. The van der Waals surface area contributed by atoms with E-state index < -0.39 is 5.97 Å². The minimum Gasteiger partial charge on any atom is -0.497 e. The maximum atomic E-state index is 11.5. The number of esters is 1. The van der Waals surface area contributed by atoms with Gasteiger partial charge in [-0.25, -0.2) is 9.78 Å². The van der Waals surface area contributed by atoms with E-state index in [2.05, 4.69) is 20.0 Å². The number of carbonyl (C=O) groups is 1. The zero-order valence-electron chi connectivity index (χ0n) is 14.8. The summed E-state index contributed by atoms with van der Waals surface area (Å²) in [5, 5.41) is 3.11. The Balaban J connectivity index is 1.79. The van der Waals surface area contributed by atoms with E-state index in [0.717, 1.165) is 5.69 Å². The van der Waals surface area contributed by atoms with Gasteiger partial charge in [0.05, 0.1) is 19.8 Å². The average molecular weight is 366 g/mol. The Labute approximate surface area is 155 Å². The number of methoxy groups -OCH3 is 2. The van der Waals surface area contributed by atoms with E-state index in [1.807, 2.05) is 24.3 Å². The second-order valence-corrected chi connectivity index (χ2v) is 5.42. The molecular formula is C19H18N4O4. The normalized spacial score (nSPS) is 10.1. The van der Waals surface area contributed by atoms with Gasteiger partial charge in [-0.15, -0.1) is 0 Å². The Bertz CT molecular complexity index is 945. The fourth-order valence-electron chi connectivity index (χ4n) is 2.29. The van der Waals surface area contributed by atoms with Crippen LogP contribution in [0.1, 0.15) is 10.4 Å². The van der Waals surface area contributed by atoms with Crippen molar-refractivity contribution in [2.75, 3.05) is 25.3 Å². The minimum atomic E-state index is -0.423. The molecule has 0 saturated heterocycles. The summed E-state index contributed by atoms with van der Waals surface area (Å²) >= 11 is 0. The molecule has 0 fully saturated rings. The topological polar surface area (TPSA) is 109 Å². The number of hydrogen-bond donors (Lipinski definition) is 2. The van der Waals surface area contributed by atoms with Gasteiger partial charge < -0.3 is 25.3 Å². The van der Waals surface area contributed by atoms with Crippen molar-refractivity contribution in [1.82, 2.24) is 9.97 Å². The maximum absolute atomic E-state index is 11.5. The van der Waals surface area contributed by atoms with Crippen LogP contribution in [0.4, 0.5) is 17.2 Å². The molecule has 0 aliphatic heterocycles. The Morgan fingerprint density at radius 1 is 1.04 bits per heavy atom. The highest BCUT2D eigenvalue weighted by molar-refractivity contribution is 5.89. The number of rotatable bonds is 6. The van der Waals surface area contributed by atoms with Gasteiger partial charge in [0.2, 0.25) is 5.88 Å². The fourth-order valence-corrected chi connectivity index (χ4v) is 2.29. The van der Waals surface area contributed by atoms with Crippen molar-refractivity contribution < 1.29 is 19.0 Å². The predicted molar refractivity (Wildman–Crippen MR) is 101 cm³/mol. The van der Waals surface area contributed by atoms with E-state index in [9.17, 15) is 4.79 Å². The summed E-state index contributed by atoms with van der Waals surface area (Å²) in [4.78, 5) is 19.7. The Morgan fingerprint density at radius 2 is 1.81 bits per heavy atom. The molecule has 138 valence electrons. The molecule has 3 rings (SSSR count). The van der Waals surface area contributed by atoms with Crippen molar-refractivity contribution in [3.05, 3.63) is 60.4 Å². The first-order valence-corrected chi connectivity index (χ1v) is 7.98. The molecule has 2 aromatic carbocycles. The summed E-state index contributed by atoms with van der Waals surface area (Å²) in [5.41, 5.74) is 7.55. The lowest BCUT2D eigenvalue weighted by atomic mass is 10.2. The zero-order chi connectivity index (χ0) is 19.2. The summed E-state index contributed by atoms with van der Waals surface area (Å²) in [6.45, 7) is 0. The summed E-state index contributed by atoms with van der Waals surface area (Å²) in [6, 6.07) is 13.8. The number of anilines is 3. The SMILES string of the molecule is COC(=O)c1ccc(Oc2ncnc(Nc3cccc(OC)c3)c2N)cc1. The smallest absolute Gasteiger partial charge is 0.337 e. The summed E-state index contributed by atoms with van der Waals surface area (Å²) < 4.78 is 15.6. The van der Waals surface area contributed by atoms with Gasteiger partial charge in [-0.2, -0.15) is 4.98 Å². The lowest BCUT2D eigenvalue weighted by Gasteiger charge is -2.12. The van der Waals surface area contributed by atoms with E-state index in [-0.39, 0.29) is 11.6 Å². The highest BCUT2D eigenvalue weighted by Crippen LogP contribution is 2.31. The lowest BCUT2D eigenvalue weighted by Crippen LogP contribution is -2.03. The van der Waals surface area contributed by atoms with Gasteiger partial charge in [0.15, 0.2) is 5.82 Å². The highest BCUT2D eigenvalue weighted by Gasteiger charge is 2.12. The first-order valence-electron chi connectivity index (χ1n) is 7.98. The molecule has 8 heteroatoms. The number of hydrogen-bond acceptors (Lipinski definition) is 8. The number of aromatic nitrogens is 2. The molecule has 0 unspecified atom stereocenters. The number of nitrogens with one attached hydrogen (secondary N) is 1. The molecule has 3 N–H and O–H groups in total. The van der Waals surface area contributed by atoms with Crippen molar-refractivity contribution in [2.45, 2.75) is 0 Å². The average Bonchev–Trinajstić information content (AvgIpc) is 2.71. The summed E-state index contributed by atoms with van der Waals surface area (Å²) in [6.07, 6.45) is 1.34. The van der Waals surface area contributed by atoms with Crippen LogP contribution < -0.4 is 20.5 Å². The van der Waals surface area contributed by atoms with Crippen molar-refractivity contribution in [3.8, 4) is 17.4 Å². The molecule has 0 spiro atoms. The van der Waals surface area contributed by atoms with E-state index in [1.165, 1.54) is 13.4 Å². The van der Waals surface area contributed by atoms with E-state index in [4.69, 9.17) is 15.2 Å². The van der Waals surface area contributed by atoms with E-state index >= 15 is 0 Å². The van der Waals surface area contributed by atoms with Crippen molar-refractivity contribution in [2.24, 2.45) is 0 Å². The second kappa shape index (κ2) is 8.05. The van der Waals surface area contributed by atoms with Crippen LogP contribution in [0, 0.1) is 0 Å². The van der Waals surface area contributed by atoms with Gasteiger partial charge in [-0.1, -0.05) is 6.07 Å². The van der Waals surface area contributed by atoms with Gasteiger partial charge in [-0.05, 0) is 36.4 Å². The van der Waals surface area contributed by atoms with Gasteiger partial charge in [-0.3, -0.25) is 0 Å². The van der Waals surface area contributed by atoms with Crippen LogP contribution in [-0.4, -0.2) is 30.2 Å². The summed E-state index contributed by atoms with van der Waals surface area (Å²) in [5.74, 6) is 1.35. The number of carbonyl (C=O) groups excluding carboxylic acids is 1. The third-order valence-corrected chi connectivity index (χ3v) is 3.67. The molecule has 1 heterocycles. The Hall–Kier alpha value is -3.81. The van der Waals surface area contributed by atoms with Gasteiger partial charge in [0.1, 0.15) is 23.5 Å². The standard InChI is InChI=1S/C19H18N4O4/c1-25-15-5-3-4-13(10-15)23-17-16(20)18(22-11-21-17)27-14-8-6-12(7-9-14)19(24)26-2/h3-11H,20H2,1-2H3,(H,21,22,23). The molecule has 1 aromatic heterocycles. The molecule has 0 bridgehead atoms. The molecule has 0 radical (unpaired) electrons. The van der Waals surface area contributed by atoms with Gasteiger partial charge >= 0.3 is 5.97 Å². The molecular weight excluding hydrogens is 348 g/mol. The number of nitrogen functional groups attached to an aromatic ring is 1. The molecule has 0 amide bonds. The number of nitrogens with zero attached hydrogens (tertiary/aromatic N) is 2. The lowest BCUT2D eigenvalue weighted by molar-refractivity contribution is 0.0600. The zero-order valence-corrected chi connectivity index (χ0v) is 14.8. The van der Waals surface area contributed by atoms with Crippen molar-refractivity contribution in [3.63, 3.8) is 0 Å². The number of ether oxygens (including phenoxy) is 3. The van der Waals surface area contributed by atoms with Crippen LogP contribution in [0.15, 0.2) is 54.9 Å². The molecule has 0 aliphatic rings. The monoisotopic (exact) mass is 366 g/mol. The van der Waals surface area contributed by atoms with Crippen LogP contribution >= 0.6 is 0 Å². The fraction of sp³-hybridized carbons (Fsp3) is 0.105. The van der Waals surface area contributed by atoms with Crippen molar-refractivity contribution >= 4 is 23.2 Å². The van der Waals surface area contributed by atoms with Crippen molar-refractivity contribution in [1.29, 1.82) is 0 Å². The number of benzene rings is 2. The first kappa shape index (κ1) is 18.0. The number of nitrogens with two attached hydrogens (primary N) is 1. The molecule has 27 heavy (non-hydrogen) atoms. The van der Waals surface area contributed by atoms with Crippen LogP contribution in [-0.2, 0) is 4.74 Å².